The van der Waals surface area contributed by atoms with Gasteiger partial charge in [-0.15, -0.1) is 0 Å². The molecule has 29 heavy (non-hydrogen) atoms. The zero-order chi connectivity index (χ0) is 20.1. The number of hydrogen-bond donors (Lipinski definition) is 1. The molecule has 0 unspecified atom stereocenters. The van der Waals surface area contributed by atoms with Gasteiger partial charge in [0, 0.05) is 38.7 Å². The van der Waals surface area contributed by atoms with Crippen molar-refractivity contribution < 1.29 is 22.6 Å². The van der Waals surface area contributed by atoms with Crippen molar-refractivity contribution in [1.82, 2.24) is 9.62 Å². The maximum absolute atomic E-state index is 12.7. The van der Waals surface area contributed by atoms with Gasteiger partial charge < -0.3 is 14.2 Å². The van der Waals surface area contributed by atoms with Gasteiger partial charge in [0.05, 0.1) is 31.3 Å². The molecule has 0 aliphatic carbocycles. The van der Waals surface area contributed by atoms with Crippen LogP contribution in [0.1, 0.15) is 17.5 Å². The largest absolute Gasteiger partial charge is 0.490 e. The topological polar surface area (TPSA) is 77.1 Å². The van der Waals surface area contributed by atoms with Gasteiger partial charge in [-0.1, -0.05) is 24.3 Å². The second kappa shape index (κ2) is 9.13. The van der Waals surface area contributed by atoms with Crippen LogP contribution in [-0.4, -0.2) is 52.8 Å². The van der Waals surface area contributed by atoms with Gasteiger partial charge in [-0.3, -0.25) is 4.90 Å². The van der Waals surface area contributed by atoms with Crippen LogP contribution >= 0.6 is 0 Å². The fourth-order valence-corrected chi connectivity index (χ4v) is 4.46. The predicted octanol–water partition coefficient (Wildman–Crippen LogP) is 2.16. The zero-order valence-electron chi connectivity index (χ0n) is 16.3. The van der Waals surface area contributed by atoms with Crippen molar-refractivity contribution >= 4 is 10.0 Å². The van der Waals surface area contributed by atoms with Crippen LogP contribution in [0.5, 0.6) is 11.5 Å². The number of benzene rings is 2. The van der Waals surface area contributed by atoms with E-state index in [4.69, 9.17) is 14.2 Å². The van der Waals surface area contributed by atoms with Crippen molar-refractivity contribution in [3.63, 3.8) is 0 Å². The number of rotatable bonds is 6. The van der Waals surface area contributed by atoms with Crippen molar-refractivity contribution in [3.8, 4) is 11.5 Å². The minimum atomic E-state index is -3.66. The average molecular weight is 419 g/mol. The van der Waals surface area contributed by atoms with E-state index in [1.165, 1.54) is 11.6 Å². The lowest BCUT2D eigenvalue weighted by atomic mass is 10.1. The van der Waals surface area contributed by atoms with Crippen molar-refractivity contribution in [1.29, 1.82) is 0 Å². The Bertz CT molecular complexity index is 942. The van der Waals surface area contributed by atoms with E-state index >= 15 is 0 Å². The molecule has 2 aliphatic heterocycles. The minimum Gasteiger partial charge on any atom is -0.490 e. The Morgan fingerprint density at radius 1 is 0.897 bits per heavy atom. The molecule has 0 amide bonds. The highest BCUT2D eigenvalue weighted by Crippen LogP contribution is 2.31. The van der Waals surface area contributed by atoms with E-state index in [0.717, 1.165) is 44.8 Å². The quantitative estimate of drug-likeness (QED) is 0.775. The first-order valence-corrected chi connectivity index (χ1v) is 11.4. The van der Waals surface area contributed by atoms with Crippen molar-refractivity contribution in [2.45, 2.75) is 24.4 Å². The number of nitrogens with one attached hydrogen (secondary N) is 1. The summed E-state index contributed by atoms with van der Waals surface area (Å²) in [5.74, 6) is 1.05. The lowest BCUT2D eigenvalue weighted by Crippen LogP contribution is -2.35. The van der Waals surface area contributed by atoms with Crippen molar-refractivity contribution in [2.75, 3.05) is 39.5 Å². The molecule has 1 N–H and O–H groups in total. The molecule has 0 radical (unpaired) electrons. The maximum atomic E-state index is 12.7. The van der Waals surface area contributed by atoms with E-state index in [0.29, 0.717) is 24.7 Å². The summed E-state index contributed by atoms with van der Waals surface area (Å²) in [5.41, 5.74) is 2.09. The Labute approximate surface area is 171 Å². The monoisotopic (exact) mass is 418 g/mol. The molecule has 8 heteroatoms. The molecule has 2 heterocycles. The van der Waals surface area contributed by atoms with Crippen LogP contribution in [0.4, 0.5) is 0 Å². The average Bonchev–Trinajstić information content (AvgIpc) is 2.98. The van der Waals surface area contributed by atoms with E-state index < -0.39 is 10.0 Å². The number of sulfonamides is 1. The Morgan fingerprint density at radius 3 is 2.48 bits per heavy atom. The summed E-state index contributed by atoms with van der Waals surface area (Å²) in [7, 11) is -3.66. The van der Waals surface area contributed by atoms with Crippen LogP contribution < -0.4 is 14.2 Å². The lowest BCUT2D eigenvalue weighted by Gasteiger charge is -2.26. The normalized spacial score (nSPS) is 17.7. The molecule has 0 aromatic heterocycles. The predicted molar refractivity (Wildman–Crippen MR) is 109 cm³/mol. The summed E-state index contributed by atoms with van der Waals surface area (Å²) >= 11 is 0. The van der Waals surface area contributed by atoms with E-state index in [2.05, 4.69) is 15.7 Å². The Balaban J connectivity index is 1.41. The van der Waals surface area contributed by atoms with Crippen molar-refractivity contribution in [3.05, 3.63) is 53.6 Å². The second-order valence-corrected chi connectivity index (χ2v) is 8.96. The van der Waals surface area contributed by atoms with Gasteiger partial charge in [-0.2, -0.15) is 0 Å². The van der Waals surface area contributed by atoms with Crippen LogP contribution in [0, 0.1) is 0 Å². The summed E-state index contributed by atoms with van der Waals surface area (Å²) < 4.78 is 44.7. The Kier molecular flexibility index (Phi) is 6.34. The van der Waals surface area contributed by atoms with E-state index in [1.807, 2.05) is 18.2 Å². The summed E-state index contributed by atoms with van der Waals surface area (Å²) in [6, 6.07) is 12.7. The smallest absolute Gasteiger partial charge is 0.241 e. The van der Waals surface area contributed by atoms with Gasteiger partial charge in [0.15, 0.2) is 11.5 Å². The van der Waals surface area contributed by atoms with E-state index in [9.17, 15) is 8.42 Å². The first kappa shape index (κ1) is 20.2. The number of hydrogen-bond acceptors (Lipinski definition) is 6. The number of morpholine rings is 1. The fraction of sp³-hybridized carbons (Fsp3) is 0.429. The van der Waals surface area contributed by atoms with Gasteiger partial charge in [0.2, 0.25) is 10.0 Å². The van der Waals surface area contributed by atoms with E-state index in [-0.39, 0.29) is 11.4 Å². The first-order chi connectivity index (χ1) is 14.1. The van der Waals surface area contributed by atoms with Gasteiger partial charge in [-0.05, 0) is 23.3 Å². The van der Waals surface area contributed by atoms with Crippen LogP contribution in [0.3, 0.4) is 0 Å². The first-order valence-electron chi connectivity index (χ1n) is 9.87. The van der Waals surface area contributed by atoms with Crippen molar-refractivity contribution in [2.24, 2.45) is 0 Å². The standard InChI is InChI=1S/C21H26N2O5S/c24-29(25,19-5-6-20-21(14-19)28-10-2-9-27-20)22-15-17-3-1-4-18(13-17)16-23-7-11-26-12-8-23/h1,3-6,13-14,22H,2,7-12,15-16H2. The third-order valence-corrected chi connectivity index (χ3v) is 6.40. The molecule has 7 nitrogen and oxygen atoms in total. The number of ether oxygens (including phenoxy) is 3. The highest BCUT2D eigenvalue weighted by Gasteiger charge is 2.19. The molecule has 0 saturated carbocycles. The van der Waals surface area contributed by atoms with Crippen LogP contribution in [0.25, 0.3) is 0 Å². The Hall–Kier alpha value is -2.13. The zero-order valence-corrected chi connectivity index (χ0v) is 17.1. The molecule has 1 saturated heterocycles. The molecule has 2 aliphatic rings. The van der Waals surface area contributed by atoms with Gasteiger partial charge >= 0.3 is 0 Å². The molecule has 0 atom stereocenters. The Morgan fingerprint density at radius 2 is 1.66 bits per heavy atom. The highest BCUT2D eigenvalue weighted by molar-refractivity contribution is 7.89. The maximum Gasteiger partial charge on any atom is 0.241 e. The van der Waals surface area contributed by atoms with Gasteiger partial charge in [0.25, 0.3) is 0 Å². The summed E-state index contributed by atoms with van der Waals surface area (Å²) in [4.78, 5) is 2.51. The molecule has 156 valence electrons. The number of nitrogens with zero attached hydrogens (tertiary/aromatic N) is 1. The highest BCUT2D eigenvalue weighted by atomic mass is 32.2. The summed E-state index contributed by atoms with van der Waals surface area (Å²) in [6.45, 7) is 5.50. The molecule has 0 spiro atoms. The molecule has 2 aromatic rings. The fourth-order valence-electron chi connectivity index (χ4n) is 3.43. The molecular formula is C21H26N2O5S. The molecule has 0 bridgehead atoms. The van der Waals surface area contributed by atoms with Crippen LogP contribution in [-0.2, 0) is 27.8 Å². The van der Waals surface area contributed by atoms with E-state index in [1.54, 1.807) is 12.1 Å². The van der Waals surface area contributed by atoms with Gasteiger partial charge in [0.1, 0.15) is 0 Å². The lowest BCUT2D eigenvalue weighted by molar-refractivity contribution is 0.0342. The number of fused-ring (bicyclic) bond motifs is 1. The molecular weight excluding hydrogens is 392 g/mol. The molecule has 4 rings (SSSR count). The van der Waals surface area contributed by atoms with Crippen LogP contribution in [0.15, 0.2) is 47.4 Å². The SMILES string of the molecule is O=S(=O)(NCc1cccc(CN2CCOCC2)c1)c1ccc2c(c1)OCCCO2. The summed E-state index contributed by atoms with van der Waals surface area (Å²) in [5, 5.41) is 0. The molecule has 1 fully saturated rings. The third kappa shape index (κ3) is 5.27. The summed E-state index contributed by atoms with van der Waals surface area (Å²) in [6.07, 6.45) is 0.774. The molecule has 2 aromatic carbocycles. The van der Waals surface area contributed by atoms with Crippen LogP contribution in [0.2, 0.25) is 0 Å². The van der Waals surface area contributed by atoms with Gasteiger partial charge in [-0.25, -0.2) is 13.1 Å². The second-order valence-electron chi connectivity index (χ2n) is 7.19. The third-order valence-electron chi connectivity index (χ3n) is 5.00. The minimum absolute atomic E-state index is 0.172.